The van der Waals surface area contributed by atoms with Crippen molar-refractivity contribution in [1.82, 2.24) is 5.32 Å². The summed E-state index contributed by atoms with van der Waals surface area (Å²) < 4.78 is 10.9. The Balaban J connectivity index is 1.88. The maximum atomic E-state index is 5.76. The van der Waals surface area contributed by atoms with Crippen LogP contribution in [-0.4, -0.2) is 32.4 Å². The highest BCUT2D eigenvalue weighted by Gasteiger charge is 2.17. The SMILES string of the molecule is COc1ccc(CC2CNC(C)CO2)cc1. The van der Waals surface area contributed by atoms with E-state index in [2.05, 4.69) is 24.4 Å². The van der Waals surface area contributed by atoms with Crippen LogP contribution in [0.1, 0.15) is 12.5 Å². The summed E-state index contributed by atoms with van der Waals surface area (Å²) >= 11 is 0. The van der Waals surface area contributed by atoms with Crippen LogP contribution in [-0.2, 0) is 11.2 Å². The van der Waals surface area contributed by atoms with Crippen LogP contribution < -0.4 is 10.1 Å². The maximum Gasteiger partial charge on any atom is 0.118 e. The number of hydrogen-bond acceptors (Lipinski definition) is 3. The molecule has 1 heterocycles. The predicted octanol–water partition coefficient (Wildman–Crippen LogP) is 1.61. The van der Waals surface area contributed by atoms with Gasteiger partial charge in [-0.15, -0.1) is 0 Å². The number of morpholine rings is 1. The third kappa shape index (κ3) is 2.97. The molecule has 2 atom stereocenters. The predicted molar refractivity (Wildman–Crippen MR) is 63.9 cm³/mol. The second-order valence-electron chi connectivity index (χ2n) is 4.32. The summed E-state index contributed by atoms with van der Waals surface area (Å²) in [5.41, 5.74) is 1.29. The highest BCUT2D eigenvalue weighted by Crippen LogP contribution is 2.14. The van der Waals surface area contributed by atoms with Crippen molar-refractivity contribution in [3.05, 3.63) is 29.8 Å². The molecule has 1 fully saturated rings. The quantitative estimate of drug-likeness (QED) is 0.841. The summed E-state index contributed by atoms with van der Waals surface area (Å²) in [5, 5.41) is 3.43. The fraction of sp³-hybridized carbons (Fsp3) is 0.538. The highest BCUT2D eigenvalue weighted by molar-refractivity contribution is 5.27. The Bertz CT molecular complexity index is 315. The molecule has 0 aliphatic carbocycles. The second-order valence-corrected chi connectivity index (χ2v) is 4.32. The van der Waals surface area contributed by atoms with Gasteiger partial charge in [-0.1, -0.05) is 12.1 Å². The monoisotopic (exact) mass is 221 g/mol. The van der Waals surface area contributed by atoms with Gasteiger partial charge in [-0.05, 0) is 31.0 Å². The summed E-state index contributed by atoms with van der Waals surface area (Å²) in [5.74, 6) is 0.903. The lowest BCUT2D eigenvalue weighted by Gasteiger charge is -2.28. The van der Waals surface area contributed by atoms with Crippen molar-refractivity contribution in [2.45, 2.75) is 25.5 Å². The number of nitrogens with one attached hydrogen (secondary N) is 1. The van der Waals surface area contributed by atoms with Gasteiger partial charge in [-0.2, -0.15) is 0 Å². The molecule has 0 radical (unpaired) electrons. The summed E-state index contributed by atoms with van der Waals surface area (Å²) in [6.45, 7) is 3.89. The normalized spacial score (nSPS) is 25.4. The van der Waals surface area contributed by atoms with Crippen LogP contribution in [0.5, 0.6) is 5.75 Å². The Hall–Kier alpha value is -1.06. The first-order chi connectivity index (χ1) is 7.78. The molecule has 0 bridgehead atoms. The molecule has 88 valence electrons. The first-order valence-corrected chi connectivity index (χ1v) is 5.76. The van der Waals surface area contributed by atoms with E-state index in [-0.39, 0.29) is 0 Å². The molecule has 1 saturated heterocycles. The molecule has 0 spiro atoms. The molecule has 1 aliphatic heterocycles. The molecule has 2 rings (SSSR count). The Labute approximate surface area is 96.8 Å². The average Bonchev–Trinajstić information content (AvgIpc) is 2.33. The fourth-order valence-electron chi connectivity index (χ4n) is 1.89. The van der Waals surface area contributed by atoms with Crippen LogP contribution in [0, 0.1) is 0 Å². The Morgan fingerprint density at radius 1 is 1.38 bits per heavy atom. The van der Waals surface area contributed by atoms with E-state index in [0.29, 0.717) is 12.1 Å². The zero-order valence-corrected chi connectivity index (χ0v) is 9.90. The van der Waals surface area contributed by atoms with E-state index in [0.717, 1.165) is 25.3 Å². The van der Waals surface area contributed by atoms with Crippen molar-refractivity contribution >= 4 is 0 Å². The van der Waals surface area contributed by atoms with Gasteiger partial charge in [0.1, 0.15) is 5.75 Å². The summed E-state index contributed by atoms with van der Waals surface area (Å²) in [4.78, 5) is 0. The molecule has 1 aromatic carbocycles. The lowest BCUT2D eigenvalue weighted by Crippen LogP contribution is -2.45. The van der Waals surface area contributed by atoms with Crippen LogP contribution in [0.2, 0.25) is 0 Å². The van der Waals surface area contributed by atoms with E-state index in [1.807, 2.05) is 12.1 Å². The zero-order chi connectivity index (χ0) is 11.4. The van der Waals surface area contributed by atoms with Gasteiger partial charge in [0.25, 0.3) is 0 Å². The van der Waals surface area contributed by atoms with Gasteiger partial charge in [-0.3, -0.25) is 0 Å². The van der Waals surface area contributed by atoms with Crippen LogP contribution in [0.25, 0.3) is 0 Å². The van der Waals surface area contributed by atoms with Gasteiger partial charge in [0, 0.05) is 12.6 Å². The van der Waals surface area contributed by atoms with Crippen molar-refractivity contribution in [3.63, 3.8) is 0 Å². The van der Waals surface area contributed by atoms with E-state index < -0.39 is 0 Å². The lowest BCUT2D eigenvalue weighted by molar-refractivity contribution is 0.00881. The molecule has 3 heteroatoms. The van der Waals surface area contributed by atoms with E-state index in [1.54, 1.807) is 7.11 Å². The molecular weight excluding hydrogens is 202 g/mol. The number of benzene rings is 1. The molecule has 2 unspecified atom stereocenters. The van der Waals surface area contributed by atoms with Gasteiger partial charge in [0.15, 0.2) is 0 Å². The van der Waals surface area contributed by atoms with Crippen molar-refractivity contribution in [2.24, 2.45) is 0 Å². The Kier molecular flexibility index (Phi) is 3.80. The topological polar surface area (TPSA) is 30.5 Å². The number of rotatable bonds is 3. The smallest absolute Gasteiger partial charge is 0.118 e. The molecular formula is C13H19NO2. The Morgan fingerprint density at radius 2 is 2.12 bits per heavy atom. The third-order valence-electron chi connectivity index (χ3n) is 2.90. The van der Waals surface area contributed by atoms with Gasteiger partial charge >= 0.3 is 0 Å². The zero-order valence-electron chi connectivity index (χ0n) is 9.90. The number of ether oxygens (including phenoxy) is 2. The fourth-order valence-corrected chi connectivity index (χ4v) is 1.89. The average molecular weight is 221 g/mol. The Morgan fingerprint density at radius 3 is 2.69 bits per heavy atom. The highest BCUT2D eigenvalue weighted by atomic mass is 16.5. The first kappa shape index (κ1) is 11.4. The van der Waals surface area contributed by atoms with Crippen molar-refractivity contribution in [2.75, 3.05) is 20.3 Å². The minimum absolute atomic E-state index is 0.296. The van der Waals surface area contributed by atoms with Crippen molar-refractivity contribution in [3.8, 4) is 5.75 Å². The summed E-state index contributed by atoms with van der Waals surface area (Å²) in [6.07, 6.45) is 1.26. The molecule has 1 N–H and O–H groups in total. The molecule has 0 saturated carbocycles. The van der Waals surface area contributed by atoms with Crippen molar-refractivity contribution in [1.29, 1.82) is 0 Å². The first-order valence-electron chi connectivity index (χ1n) is 5.76. The van der Waals surface area contributed by atoms with E-state index in [1.165, 1.54) is 5.56 Å². The third-order valence-corrected chi connectivity index (χ3v) is 2.90. The van der Waals surface area contributed by atoms with Gasteiger partial charge < -0.3 is 14.8 Å². The molecule has 0 amide bonds. The van der Waals surface area contributed by atoms with Crippen molar-refractivity contribution < 1.29 is 9.47 Å². The van der Waals surface area contributed by atoms with E-state index >= 15 is 0 Å². The van der Waals surface area contributed by atoms with Gasteiger partial charge in [-0.25, -0.2) is 0 Å². The van der Waals surface area contributed by atoms with Crippen LogP contribution in [0.3, 0.4) is 0 Å². The minimum Gasteiger partial charge on any atom is -0.497 e. The van der Waals surface area contributed by atoms with Crippen LogP contribution in [0.15, 0.2) is 24.3 Å². The molecule has 1 aromatic rings. The molecule has 16 heavy (non-hydrogen) atoms. The summed E-state index contributed by atoms with van der Waals surface area (Å²) in [7, 11) is 1.69. The second kappa shape index (κ2) is 5.32. The van der Waals surface area contributed by atoms with E-state index in [4.69, 9.17) is 9.47 Å². The molecule has 1 aliphatic rings. The number of hydrogen-bond donors (Lipinski definition) is 1. The minimum atomic E-state index is 0.296. The maximum absolute atomic E-state index is 5.76. The summed E-state index contributed by atoms with van der Waals surface area (Å²) in [6, 6.07) is 8.66. The van der Waals surface area contributed by atoms with E-state index in [9.17, 15) is 0 Å². The van der Waals surface area contributed by atoms with Gasteiger partial charge in [0.2, 0.25) is 0 Å². The van der Waals surface area contributed by atoms with Gasteiger partial charge in [0.05, 0.1) is 19.8 Å². The lowest BCUT2D eigenvalue weighted by atomic mass is 10.1. The largest absolute Gasteiger partial charge is 0.497 e. The van der Waals surface area contributed by atoms with Crippen LogP contribution in [0.4, 0.5) is 0 Å². The number of methoxy groups -OCH3 is 1. The van der Waals surface area contributed by atoms with Crippen LogP contribution >= 0.6 is 0 Å². The standard InChI is InChI=1S/C13H19NO2/c1-10-9-16-13(8-14-10)7-11-3-5-12(15-2)6-4-11/h3-6,10,13-14H,7-9H2,1-2H3. The molecule has 0 aromatic heterocycles. The molecule has 3 nitrogen and oxygen atoms in total.